The molecule has 0 saturated heterocycles. The van der Waals surface area contributed by atoms with Crippen molar-refractivity contribution in [1.82, 2.24) is 0 Å². The zero-order valence-electron chi connectivity index (χ0n) is 10.2. The van der Waals surface area contributed by atoms with Crippen LogP contribution in [0.25, 0.3) is 0 Å². The highest BCUT2D eigenvalue weighted by molar-refractivity contribution is 5.82. The Morgan fingerprint density at radius 2 is 1.33 bits per heavy atom. The first-order valence-electron chi connectivity index (χ1n) is 5.82. The molecule has 0 fully saturated rings. The number of carboxylic acids is 1. The third-order valence-electron chi connectivity index (χ3n) is 2.81. The monoisotopic (exact) mass is 241 g/mol. The van der Waals surface area contributed by atoms with Crippen LogP contribution < -0.4 is 4.90 Å². The van der Waals surface area contributed by atoms with Gasteiger partial charge in [0.2, 0.25) is 0 Å². The van der Waals surface area contributed by atoms with Crippen molar-refractivity contribution < 1.29 is 9.90 Å². The van der Waals surface area contributed by atoms with Gasteiger partial charge in [-0.3, -0.25) is 0 Å². The predicted molar refractivity (Wildman–Crippen MR) is 72.1 cm³/mol. The SMILES string of the molecule is C[C@H](C(=O)O)N(c1ccccc1)c1ccccc1. The van der Waals surface area contributed by atoms with Crippen molar-refractivity contribution in [1.29, 1.82) is 0 Å². The summed E-state index contributed by atoms with van der Waals surface area (Å²) in [6.45, 7) is 1.68. The van der Waals surface area contributed by atoms with Gasteiger partial charge in [0, 0.05) is 11.4 Å². The topological polar surface area (TPSA) is 40.5 Å². The van der Waals surface area contributed by atoms with Crippen molar-refractivity contribution in [3.63, 3.8) is 0 Å². The third kappa shape index (κ3) is 2.51. The molecular formula is C15H15NO2. The van der Waals surface area contributed by atoms with Crippen LogP contribution in [-0.2, 0) is 4.79 Å². The summed E-state index contributed by atoms with van der Waals surface area (Å²) in [5.74, 6) is -0.845. The summed E-state index contributed by atoms with van der Waals surface area (Å²) in [6.07, 6.45) is 0. The minimum absolute atomic E-state index is 0.616. The van der Waals surface area contributed by atoms with E-state index in [-0.39, 0.29) is 0 Å². The summed E-state index contributed by atoms with van der Waals surface area (Å²) in [5.41, 5.74) is 1.75. The number of hydrogen-bond acceptors (Lipinski definition) is 2. The average molecular weight is 241 g/mol. The first-order valence-corrected chi connectivity index (χ1v) is 5.82. The van der Waals surface area contributed by atoms with Crippen LogP contribution in [0.1, 0.15) is 6.92 Å². The molecule has 3 nitrogen and oxygen atoms in total. The van der Waals surface area contributed by atoms with E-state index < -0.39 is 12.0 Å². The van der Waals surface area contributed by atoms with Crippen molar-refractivity contribution in [2.45, 2.75) is 13.0 Å². The number of carbonyl (C=O) groups is 1. The van der Waals surface area contributed by atoms with Gasteiger partial charge in [0.25, 0.3) is 0 Å². The Labute approximate surface area is 106 Å². The van der Waals surface area contributed by atoms with Gasteiger partial charge >= 0.3 is 5.97 Å². The molecular weight excluding hydrogens is 226 g/mol. The van der Waals surface area contributed by atoms with Crippen molar-refractivity contribution in [3.05, 3.63) is 60.7 Å². The minimum Gasteiger partial charge on any atom is -0.480 e. The molecule has 92 valence electrons. The summed E-state index contributed by atoms with van der Waals surface area (Å²) >= 11 is 0. The second-order valence-electron chi connectivity index (χ2n) is 4.06. The summed E-state index contributed by atoms with van der Waals surface area (Å²) in [7, 11) is 0. The van der Waals surface area contributed by atoms with E-state index in [1.54, 1.807) is 6.92 Å². The van der Waals surface area contributed by atoms with Gasteiger partial charge in [0.05, 0.1) is 0 Å². The average Bonchev–Trinajstić information content (AvgIpc) is 2.41. The fourth-order valence-electron chi connectivity index (χ4n) is 1.88. The number of nitrogens with zero attached hydrogens (tertiary/aromatic N) is 1. The molecule has 0 amide bonds. The van der Waals surface area contributed by atoms with E-state index >= 15 is 0 Å². The molecule has 0 aliphatic rings. The molecule has 3 heteroatoms. The van der Waals surface area contributed by atoms with Crippen molar-refractivity contribution >= 4 is 17.3 Å². The summed E-state index contributed by atoms with van der Waals surface area (Å²) < 4.78 is 0. The Bertz CT molecular complexity index is 471. The number of hydrogen-bond donors (Lipinski definition) is 1. The smallest absolute Gasteiger partial charge is 0.326 e. The van der Waals surface area contributed by atoms with E-state index in [0.717, 1.165) is 11.4 Å². The predicted octanol–water partition coefficient (Wildman–Crippen LogP) is 3.30. The highest BCUT2D eigenvalue weighted by Gasteiger charge is 2.22. The van der Waals surface area contributed by atoms with Gasteiger partial charge in [0.1, 0.15) is 6.04 Å². The van der Waals surface area contributed by atoms with E-state index in [1.165, 1.54) is 0 Å². The summed E-state index contributed by atoms with van der Waals surface area (Å²) in [6, 6.07) is 18.5. The highest BCUT2D eigenvalue weighted by Crippen LogP contribution is 2.27. The molecule has 0 aliphatic carbocycles. The number of anilines is 2. The Kier molecular flexibility index (Phi) is 3.63. The zero-order chi connectivity index (χ0) is 13.0. The molecule has 0 heterocycles. The molecule has 0 unspecified atom stereocenters. The Balaban J connectivity index is 2.45. The van der Waals surface area contributed by atoms with E-state index in [4.69, 9.17) is 0 Å². The van der Waals surface area contributed by atoms with E-state index in [2.05, 4.69) is 0 Å². The van der Waals surface area contributed by atoms with Gasteiger partial charge < -0.3 is 10.0 Å². The molecule has 2 rings (SSSR count). The lowest BCUT2D eigenvalue weighted by atomic mass is 10.1. The largest absolute Gasteiger partial charge is 0.480 e. The standard InChI is InChI=1S/C15H15NO2/c1-12(15(17)18)16(13-8-4-2-5-9-13)14-10-6-3-7-11-14/h2-12H,1H3,(H,17,18)/t12-/m1/s1. The second-order valence-corrected chi connectivity index (χ2v) is 4.06. The third-order valence-corrected chi connectivity index (χ3v) is 2.81. The number of aliphatic carboxylic acids is 1. The number of benzene rings is 2. The highest BCUT2D eigenvalue weighted by atomic mass is 16.4. The maximum absolute atomic E-state index is 11.2. The van der Waals surface area contributed by atoms with Gasteiger partial charge in [-0.15, -0.1) is 0 Å². The second kappa shape index (κ2) is 5.36. The van der Waals surface area contributed by atoms with Crippen LogP contribution in [0, 0.1) is 0 Å². The van der Waals surface area contributed by atoms with Crippen LogP contribution in [0.15, 0.2) is 60.7 Å². The van der Waals surface area contributed by atoms with Crippen LogP contribution in [0.5, 0.6) is 0 Å². The van der Waals surface area contributed by atoms with Gasteiger partial charge in [-0.1, -0.05) is 36.4 Å². The molecule has 0 aliphatic heterocycles. The molecule has 0 saturated carbocycles. The molecule has 1 N–H and O–H groups in total. The zero-order valence-corrected chi connectivity index (χ0v) is 10.2. The number of rotatable bonds is 4. The van der Waals surface area contributed by atoms with Crippen molar-refractivity contribution in [3.8, 4) is 0 Å². The first kappa shape index (κ1) is 12.2. The molecule has 2 aromatic rings. The summed E-state index contributed by atoms with van der Waals surface area (Å²) in [5, 5.41) is 9.23. The van der Waals surface area contributed by atoms with E-state index in [9.17, 15) is 9.90 Å². The Hall–Kier alpha value is -2.29. The van der Waals surface area contributed by atoms with Crippen LogP contribution in [0.2, 0.25) is 0 Å². The molecule has 2 aromatic carbocycles. The molecule has 0 radical (unpaired) electrons. The lowest BCUT2D eigenvalue weighted by Gasteiger charge is -2.28. The first-order chi connectivity index (χ1) is 8.70. The normalized spacial score (nSPS) is 11.8. The lowest BCUT2D eigenvalue weighted by Crippen LogP contribution is -2.35. The quantitative estimate of drug-likeness (QED) is 0.892. The number of carboxylic acid groups (broad SMARTS) is 1. The van der Waals surface area contributed by atoms with Gasteiger partial charge in [0.15, 0.2) is 0 Å². The van der Waals surface area contributed by atoms with Gasteiger partial charge in [-0.05, 0) is 31.2 Å². The minimum atomic E-state index is -0.845. The molecule has 1 atom stereocenters. The molecule has 0 spiro atoms. The van der Waals surface area contributed by atoms with Gasteiger partial charge in [-0.25, -0.2) is 4.79 Å². The number of para-hydroxylation sites is 2. The van der Waals surface area contributed by atoms with Crippen molar-refractivity contribution in [2.24, 2.45) is 0 Å². The molecule has 18 heavy (non-hydrogen) atoms. The Morgan fingerprint density at radius 1 is 0.944 bits per heavy atom. The van der Waals surface area contributed by atoms with Crippen LogP contribution in [-0.4, -0.2) is 17.1 Å². The molecule has 0 aromatic heterocycles. The van der Waals surface area contributed by atoms with Crippen LogP contribution in [0.4, 0.5) is 11.4 Å². The van der Waals surface area contributed by atoms with Crippen LogP contribution >= 0.6 is 0 Å². The Morgan fingerprint density at radius 3 is 1.67 bits per heavy atom. The van der Waals surface area contributed by atoms with Crippen molar-refractivity contribution in [2.75, 3.05) is 4.90 Å². The van der Waals surface area contributed by atoms with E-state index in [0.29, 0.717) is 0 Å². The fourth-order valence-corrected chi connectivity index (χ4v) is 1.88. The van der Waals surface area contributed by atoms with E-state index in [1.807, 2.05) is 65.6 Å². The lowest BCUT2D eigenvalue weighted by molar-refractivity contribution is -0.137. The summed E-state index contributed by atoms with van der Waals surface area (Å²) in [4.78, 5) is 13.1. The van der Waals surface area contributed by atoms with Crippen LogP contribution in [0.3, 0.4) is 0 Å². The maximum Gasteiger partial charge on any atom is 0.326 e. The fraction of sp³-hybridized carbons (Fsp3) is 0.133. The van der Waals surface area contributed by atoms with Gasteiger partial charge in [-0.2, -0.15) is 0 Å². The maximum atomic E-state index is 11.2. The molecule has 0 bridgehead atoms.